The molecule has 0 spiro atoms. The molecule has 0 saturated carbocycles. The van der Waals surface area contributed by atoms with Crippen LogP contribution in [0.15, 0.2) is 60.9 Å². The third-order valence-electron chi connectivity index (χ3n) is 4.80. The van der Waals surface area contributed by atoms with Crippen molar-refractivity contribution >= 4 is 17.4 Å². The zero-order valence-corrected chi connectivity index (χ0v) is 15.3. The highest BCUT2D eigenvalue weighted by molar-refractivity contribution is 5.93. The molecular formula is C21H17F3N4O. The number of aromatic nitrogens is 2. The molecular weight excluding hydrogens is 381 g/mol. The predicted molar refractivity (Wildman–Crippen MR) is 102 cm³/mol. The maximum atomic E-state index is 13.2. The van der Waals surface area contributed by atoms with E-state index >= 15 is 0 Å². The molecule has 148 valence electrons. The number of anilines is 2. The van der Waals surface area contributed by atoms with Crippen LogP contribution in [-0.2, 0) is 19.1 Å². The van der Waals surface area contributed by atoms with Gasteiger partial charge in [0, 0.05) is 19.2 Å². The predicted octanol–water partition coefficient (Wildman–Crippen LogP) is 4.44. The number of amides is 1. The van der Waals surface area contributed by atoms with Crippen molar-refractivity contribution in [1.82, 2.24) is 14.9 Å². The van der Waals surface area contributed by atoms with E-state index in [1.165, 1.54) is 36.2 Å². The summed E-state index contributed by atoms with van der Waals surface area (Å²) in [6, 6.07) is 14.4. The number of benzene rings is 2. The smallest absolute Gasteiger partial charge is 0.340 e. The van der Waals surface area contributed by atoms with E-state index in [9.17, 15) is 18.0 Å². The van der Waals surface area contributed by atoms with Crippen molar-refractivity contribution in [3.8, 4) is 0 Å². The first-order chi connectivity index (χ1) is 13.9. The first-order valence-electron chi connectivity index (χ1n) is 9.03. The van der Waals surface area contributed by atoms with Crippen LogP contribution < -0.4 is 5.32 Å². The number of hydrogen-bond donors (Lipinski definition) is 1. The molecule has 0 radical (unpaired) electrons. The van der Waals surface area contributed by atoms with Gasteiger partial charge in [0.25, 0.3) is 5.91 Å². The van der Waals surface area contributed by atoms with Gasteiger partial charge in [0.15, 0.2) is 0 Å². The summed E-state index contributed by atoms with van der Waals surface area (Å²) in [5, 5.41) is 2.65. The lowest BCUT2D eigenvalue weighted by Gasteiger charge is -2.28. The van der Waals surface area contributed by atoms with E-state index in [1.807, 2.05) is 24.3 Å². The molecule has 29 heavy (non-hydrogen) atoms. The quantitative estimate of drug-likeness (QED) is 0.709. The fourth-order valence-corrected chi connectivity index (χ4v) is 3.35. The van der Waals surface area contributed by atoms with Crippen molar-refractivity contribution in [2.45, 2.75) is 19.1 Å². The Hall–Kier alpha value is -3.42. The van der Waals surface area contributed by atoms with E-state index in [4.69, 9.17) is 0 Å². The summed E-state index contributed by atoms with van der Waals surface area (Å²) in [5.74, 6) is -0.161. The lowest BCUT2D eigenvalue weighted by molar-refractivity contribution is -0.136. The Kier molecular flexibility index (Phi) is 4.92. The summed E-state index contributed by atoms with van der Waals surface area (Å²) < 4.78 is 39.6. The van der Waals surface area contributed by atoms with Crippen LogP contribution in [0.2, 0.25) is 0 Å². The molecule has 1 N–H and O–H groups in total. The van der Waals surface area contributed by atoms with Crippen LogP contribution in [0.4, 0.5) is 24.7 Å². The maximum absolute atomic E-state index is 13.2. The summed E-state index contributed by atoms with van der Waals surface area (Å²) in [4.78, 5) is 22.5. The number of nitrogens with zero attached hydrogens (tertiary/aromatic N) is 3. The molecule has 2 aromatic carbocycles. The number of para-hydroxylation sites is 1. The third-order valence-corrected chi connectivity index (χ3v) is 4.80. The van der Waals surface area contributed by atoms with Gasteiger partial charge in [0.1, 0.15) is 17.8 Å². The molecule has 1 amide bonds. The van der Waals surface area contributed by atoms with Crippen molar-refractivity contribution in [1.29, 1.82) is 0 Å². The largest absolute Gasteiger partial charge is 0.418 e. The SMILES string of the molecule is O=C(c1cc(Nc2ccccc2C(F)(F)F)ncn1)N1CCc2ccccc2C1. The van der Waals surface area contributed by atoms with E-state index in [0.717, 1.165) is 18.1 Å². The summed E-state index contributed by atoms with van der Waals surface area (Å²) in [6.07, 6.45) is -2.59. The lowest BCUT2D eigenvalue weighted by atomic mass is 10.00. The Labute approximate surface area is 165 Å². The maximum Gasteiger partial charge on any atom is 0.418 e. The van der Waals surface area contributed by atoms with Crippen LogP contribution in [0, 0.1) is 0 Å². The molecule has 0 unspecified atom stereocenters. The number of fused-ring (bicyclic) bond motifs is 1. The van der Waals surface area contributed by atoms with E-state index < -0.39 is 11.7 Å². The Bertz CT molecular complexity index is 1050. The minimum absolute atomic E-state index is 0.123. The zero-order valence-electron chi connectivity index (χ0n) is 15.3. The molecule has 0 bridgehead atoms. The molecule has 5 nitrogen and oxygen atoms in total. The molecule has 3 aromatic rings. The fraction of sp³-hybridized carbons (Fsp3) is 0.190. The van der Waals surface area contributed by atoms with E-state index in [1.54, 1.807) is 4.90 Å². The summed E-state index contributed by atoms with van der Waals surface area (Å²) in [7, 11) is 0. The Balaban J connectivity index is 1.55. The highest BCUT2D eigenvalue weighted by Crippen LogP contribution is 2.35. The highest BCUT2D eigenvalue weighted by Gasteiger charge is 2.33. The highest BCUT2D eigenvalue weighted by atomic mass is 19.4. The molecule has 2 heterocycles. The van der Waals surface area contributed by atoms with Gasteiger partial charge in [-0.3, -0.25) is 4.79 Å². The molecule has 0 aliphatic carbocycles. The average Bonchev–Trinajstić information content (AvgIpc) is 2.73. The first kappa shape index (κ1) is 18.9. The van der Waals surface area contributed by atoms with Crippen LogP contribution in [-0.4, -0.2) is 27.3 Å². The third kappa shape index (κ3) is 4.06. The molecule has 1 aliphatic rings. The molecule has 0 atom stereocenters. The van der Waals surface area contributed by atoms with Gasteiger partial charge in [-0.2, -0.15) is 13.2 Å². The van der Waals surface area contributed by atoms with Gasteiger partial charge in [-0.25, -0.2) is 9.97 Å². The number of halogens is 3. The zero-order chi connectivity index (χ0) is 20.4. The van der Waals surface area contributed by atoms with Gasteiger partial charge in [0.05, 0.1) is 11.3 Å². The first-order valence-corrected chi connectivity index (χ1v) is 9.03. The molecule has 4 rings (SSSR count). The van der Waals surface area contributed by atoms with Crippen molar-refractivity contribution < 1.29 is 18.0 Å². The number of rotatable bonds is 3. The number of alkyl halides is 3. The number of carbonyl (C=O) groups is 1. The monoisotopic (exact) mass is 398 g/mol. The van der Waals surface area contributed by atoms with Crippen LogP contribution >= 0.6 is 0 Å². The van der Waals surface area contributed by atoms with Crippen molar-refractivity contribution in [2.75, 3.05) is 11.9 Å². The second kappa shape index (κ2) is 7.54. The average molecular weight is 398 g/mol. The summed E-state index contributed by atoms with van der Waals surface area (Å²) >= 11 is 0. The van der Waals surface area contributed by atoms with Crippen LogP contribution in [0.25, 0.3) is 0 Å². The second-order valence-corrected chi connectivity index (χ2v) is 6.70. The molecule has 1 aromatic heterocycles. The van der Waals surface area contributed by atoms with Crippen molar-refractivity contribution in [3.05, 3.63) is 83.3 Å². The standard InChI is InChI=1S/C21H17F3N4O/c22-21(23,24)16-7-3-4-8-17(16)27-19-11-18(25-13-26-19)20(29)28-10-9-14-5-1-2-6-15(14)12-28/h1-8,11,13H,9-10,12H2,(H,25,26,27). The molecule has 0 fully saturated rings. The Morgan fingerprint density at radius 3 is 2.52 bits per heavy atom. The topological polar surface area (TPSA) is 58.1 Å². The van der Waals surface area contributed by atoms with Gasteiger partial charge in [-0.1, -0.05) is 36.4 Å². The molecule has 0 saturated heterocycles. The number of nitrogens with one attached hydrogen (secondary N) is 1. The van der Waals surface area contributed by atoms with Crippen molar-refractivity contribution in [2.24, 2.45) is 0 Å². The lowest BCUT2D eigenvalue weighted by Crippen LogP contribution is -2.36. The van der Waals surface area contributed by atoms with Gasteiger partial charge in [-0.15, -0.1) is 0 Å². The van der Waals surface area contributed by atoms with E-state index in [-0.39, 0.29) is 23.1 Å². The summed E-state index contributed by atoms with van der Waals surface area (Å²) in [6.45, 7) is 1.03. The van der Waals surface area contributed by atoms with Gasteiger partial charge >= 0.3 is 6.18 Å². The summed E-state index contributed by atoms with van der Waals surface area (Å²) in [5.41, 5.74) is 1.48. The fourth-order valence-electron chi connectivity index (χ4n) is 3.35. The number of carbonyl (C=O) groups excluding carboxylic acids is 1. The number of hydrogen-bond acceptors (Lipinski definition) is 4. The van der Waals surface area contributed by atoms with Crippen LogP contribution in [0.3, 0.4) is 0 Å². The molecule has 8 heteroatoms. The normalized spacial score (nSPS) is 13.7. The van der Waals surface area contributed by atoms with Crippen LogP contribution in [0.1, 0.15) is 27.2 Å². The second-order valence-electron chi connectivity index (χ2n) is 6.70. The minimum atomic E-state index is -4.50. The van der Waals surface area contributed by atoms with Crippen molar-refractivity contribution in [3.63, 3.8) is 0 Å². The van der Waals surface area contributed by atoms with E-state index in [0.29, 0.717) is 13.1 Å². The van der Waals surface area contributed by atoms with Crippen LogP contribution in [0.5, 0.6) is 0 Å². The van der Waals surface area contributed by atoms with Gasteiger partial charge in [0.2, 0.25) is 0 Å². The Morgan fingerprint density at radius 1 is 1.00 bits per heavy atom. The van der Waals surface area contributed by atoms with Gasteiger partial charge in [-0.05, 0) is 29.7 Å². The van der Waals surface area contributed by atoms with Gasteiger partial charge < -0.3 is 10.2 Å². The Morgan fingerprint density at radius 2 is 1.72 bits per heavy atom. The minimum Gasteiger partial charge on any atom is -0.340 e. The molecule has 1 aliphatic heterocycles. The van der Waals surface area contributed by atoms with E-state index in [2.05, 4.69) is 15.3 Å².